The second-order valence-electron chi connectivity index (χ2n) is 5.91. The lowest BCUT2D eigenvalue weighted by molar-refractivity contribution is 0.440. The maximum absolute atomic E-state index is 3.87. The lowest BCUT2D eigenvalue weighted by Gasteiger charge is -2.26. The van der Waals surface area contributed by atoms with Crippen molar-refractivity contribution in [3.63, 3.8) is 0 Å². The van der Waals surface area contributed by atoms with Gasteiger partial charge in [0.2, 0.25) is 0 Å². The molecule has 18 heavy (non-hydrogen) atoms. The topological polar surface area (TPSA) is 12.0 Å². The van der Waals surface area contributed by atoms with Crippen molar-refractivity contribution in [2.24, 2.45) is 5.92 Å². The highest BCUT2D eigenvalue weighted by molar-refractivity contribution is 9.10. The molecule has 1 aromatic carbocycles. The summed E-state index contributed by atoms with van der Waals surface area (Å²) < 4.78 is 1.22. The van der Waals surface area contributed by atoms with Crippen LogP contribution in [0.1, 0.15) is 43.7 Å². The van der Waals surface area contributed by atoms with Gasteiger partial charge in [-0.2, -0.15) is 0 Å². The van der Waals surface area contributed by atoms with Crippen LogP contribution < -0.4 is 5.32 Å². The number of halogens is 1. The molecule has 0 aromatic heterocycles. The average molecular weight is 308 g/mol. The maximum Gasteiger partial charge on any atom is 0.0178 e. The summed E-state index contributed by atoms with van der Waals surface area (Å²) in [5.41, 5.74) is 3.10. The van der Waals surface area contributed by atoms with Crippen LogP contribution in [0.5, 0.6) is 0 Å². The van der Waals surface area contributed by atoms with Gasteiger partial charge in [-0.25, -0.2) is 0 Å². The molecule has 0 saturated heterocycles. The summed E-state index contributed by atoms with van der Waals surface area (Å²) in [5, 5.41) is 3.87. The molecule has 0 aliphatic heterocycles. The Bertz CT molecular complexity index is 429. The molecule has 0 bridgehead atoms. The van der Waals surface area contributed by atoms with Crippen LogP contribution in [-0.4, -0.2) is 12.1 Å². The number of nitrogens with one attached hydrogen (secondary N) is 1. The summed E-state index contributed by atoms with van der Waals surface area (Å²) in [6, 6.07) is 8.31. The molecule has 2 heteroatoms. The van der Waals surface area contributed by atoms with E-state index in [2.05, 4.69) is 46.4 Å². The molecule has 0 radical (unpaired) electrons. The quantitative estimate of drug-likeness (QED) is 0.883. The highest BCUT2D eigenvalue weighted by atomic mass is 79.9. The zero-order chi connectivity index (χ0) is 12.5. The SMILES string of the molecule is CCCC1CC1NC1CCc2cc(Br)ccc2C1. The number of hydrogen-bond acceptors (Lipinski definition) is 1. The van der Waals surface area contributed by atoms with E-state index in [1.807, 2.05) is 0 Å². The number of fused-ring (bicyclic) bond motifs is 1. The van der Waals surface area contributed by atoms with Crippen molar-refractivity contribution >= 4 is 15.9 Å². The van der Waals surface area contributed by atoms with Gasteiger partial charge in [-0.15, -0.1) is 0 Å². The van der Waals surface area contributed by atoms with Gasteiger partial charge in [-0.3, -0.25) is 0 Å². The van der Waals surface area contributed by atoms with E-state index in [0.717, 1.165) is 12.0 Å². The highest BCUT2D eigenvalue weighted by Gasteiger charge is 2.37. The van der Waals surface area contributed by atoms with E-state index in [-0.39, 0.29) is 0 Å². The normalized spacial score (nSPS) is 30.0. The van der Waals surface area contributed by atoms with Gasteiger partial charge < -0.3 is 5.32 Å². The Morgan fingerprint density at radius 1 is 1.33 bits per heavy atom. The Kier molecular flexibility index (Phi) is 3.76. The molecule has 3 rings (SSSR count). The molecule has 1 fully saturated rings. The summed E-state index contributed by atoms with van der Waals surface area (Å²) in [6.45, 7) is 2.30. The number of hydrogen-bond donors (Lipinski definition) is 1. The Morgan fingerprint density at radius 2 is 2.22 bits per heavy atom. The zero-order valence-electron chi connectivity index (χ0n) is 11.1. The molecule has 2 aliphatic carbocycles. The molecule has 1 saturated carbocycles. The Balaban J connectivity index is 1.57. The molecule has 3 unspecified atom stereocenters. The Hall–Kier alpha value is -0.340. The van der Waals surface area contributed by atoms with Crippen LogP contribution in [0.4, 0.5) is 0 Å². The third kappa shape index (κ3) is 2.80. The molecule has 1 nitrogen and oxygen atoms in total. The molecule has 3 atom stereocenters. The van der Waals surface area contributed by atoms with E-state index < -0.39 is 0 Å². The first-order chi connectivity index (χ1) is 8.76. The second-order valence-corrected chi connectivity index (χ2v) is 6.83. The average Bonchev–Trinajstić information content (AvgIpc) is 3.08. The van der Waals surface area contributed by atoms with Crippen molar-refractivity contribution in [1.82, 2.24) is 5.32 Å². The van der Waals surface area contributed by atoms with Crippen molar-refractivity contribution in [3.8, 4) is 0 Å². The van der Waals surface area contributed by atoms with Crippen molar-refractivity contribution < 1.29 is 0 Å². The van der Waals surface area contributed by atoms with Crippen LogP contribution in [0, 0.1) is 5.92 Å². The third-order valence-electron chi connectivity index (χ3n) is 4.43. The van der Waals surface area contributed by atoms with Crippen LogP contribution in [0.15, 0.2) is 22.7 Å². The van der Waals surface area contributed by atoms with E-state index in [1.165, 1.54) is 43.0 Å². The summed E-state index contributed by atoms with van der Waals surface area (Å²) in [7, 11) is 0. The molecule has 2 aliphatic rings. The lowest BCUT2D eigenvalue weighted by atomic mass is 9.88. The summed E-state index contributed by atoms with van der Waals surface area (Å²) in [4.78, 5) is 0. The number of benzene rings is 1. The predicted molar refractivity (Wildman–Crippen MR) is 79.9 cm³/mol. The van der Waals surface area contributed by atoms with Gasteiger partial charge in [-0.1, -0.05) is 35.3 Å². The van der Waals surface area contributed by atoms with Crippen molar-refractivity contribution in [2.75, 3.05) is 0 Å². The maximum atomic E-state index is 3.87. The van der Waals surface area contributed by atoms with Gasteiger partial charge in [0, 0.05) is 16.6 Å². The first kappa shape index (κ1) is 12.7. The van der Waals surface area contributed by atoms with Crippen LogP contribution >= 0.6 is 15.9 Å². The first-order valence-corrected chi connectivity index (χ1v) is 8.09. The fourth-order valence-corrected chi connectivity index (χ4v) is 3.72. The van der Waals surface area contributed by atoms with E-state index in [4.69, 9.17) is 0 Å². The zero-order valence-corrected chi connectivity index (χ0v) is 12.7. The minimum Gasteiger partial charge on any atom is -0.311 e. The predicted octanol–water partition coefficient (Wildman–Crippen LogP) is 4.08. The molecule has 98 valence electrons. The smallest absolute Gasteiger partial charge is 0.0178 e. The molecule has 0 spiro atoms. The number of rotatable bonds is 4. The molecular weight excluding hydrogens is 286 g/mol. The molecule has 0 heterocycles. The fourth-order valence-electron chi connectivity index (χ4n) is 3.31. The minimum absolute atomic E-state index is 0.713. The van der Waals surface area contributed by atoms with Gasteiger partial charge in [0.05, 0.1) is 0 Å². The van der Waals surface area contributed by atoms with Crippen LogP contribution in [0.2, 0.25) is 0 Å². The van der Waals surface area contributed by atoms with E-state index in [0.29, 0.717) is 6.04 Å². The molecular formula is C16H22BrN. The second kappa shape index (κ2) is 5.34. The summed E-state index contributed by atoms with van der Waals surface area (Å²) >= 11 is 3.57. The number of aryl methyl sites for hydroxylation is 1. The first-order valence-electron chi connectivity index (χ1n) is 7.29. The van der Waals surface area contributed by atoms with Gasteiger partial charge >= 0.3 is 0 Å². The minimum atomic E-state index is 0.713. The fraction of sp³-hybridized carbons (Fsp3) is 0.625. The summed E-state index contributed by atoms with van der Waals surface area (Å²) in [5.74, 6) is 0.973. The van der Waals surface area contributed by atoms with Gasteiger partial charge in [0.1, 0.15) is 0 Å². The molecule has 0 amide bonds. The standard InChI is InChI=1S/C16H22BrN/c1-2-3-13-10-16(13)18-15-7-5-11-8-14(17)6-4-12(11)9-15/h4,6,8,13,15-16,18H,2-3,5,7,9-10H2,1H3. The van der Waals surface area contributed by atoms with E-state index >= 15 is 0 Å². The van der Waals surface area contributed by atoms with Gasteiger partial charge in [0.25, 0.3) is 0 Å². The largest absolute Gasteiger partial charge is 0.311 e. The van der Waals surface area contributed by atoms with Crippen molar-refractivity contribution in [2.45, 2.75) is 57.5 Å². The van der Waals surface area contributed by atoms with Crippen LogP contribution in [0.3, 0.4) is 0 Å². The van der Waals surface area contributed by atoms with Gasteiger partial charge in [-0.05, 0) is 61.3 Å². The van der Waals surface area contributed by atoms with Gasteiger partial charge in [0.15, 0.2) is 0 Å². The third-order valence-corrected chi connectivity index (χ3v) is 4.92. The van der Waals surface area contributed by atoms with Crippen LogP contribution in [-0.2, 0) is 12.8 Å². The highest BCUT2D eigenvalue weighted by Crippen LogP contribution is 2.36. The van der Waals surface area contributed by atoms with E-state index in [9.17, 15) is 0 Å². The van der Waals surface area contributed by atoms with E-state index in [1.54, 1.807) is 11.1 Å². The lowest BCUT2D eigenvalue weighted by Crippen LogP contribution is -2.36. The molecule has 1 aromatic rings. The van der Waals surface area contributed by atoms with Crippen molar-refractivity contribution in [1.29, 1.82) is 0 Å². The Morgan fingerprint density at radius 3 is 3.06 bits per heavy atom. The summed E-state index contributed by atoms with van der Waals surface area (Å²) in [6.07, 6.45) is 7.92. The molecule has 1 N–H and O–H groups in total. The monoisotopic (exact) mass is 307 g/mol. The van der Waals surface area contributed by atoms with Crippen LogP contribution in [0.25, 0.3) is 0 Å². The Labute approximate surface area is 118 Å². The van der Waals surface area contributed by atoms with Crippen molar-refractivity contribution in [3.05, 3.63) is 33.8 Å².